The summed E-state index contributed by atoms with van der Waals surface area (Å²) in [5, 5.41) is 9.29. The van der Waals surface area contributed by atoms with E-state index in [1.807, 2.05) is 18.0 Å². The van der Waals surface area contributed by atoms with Gasteiger partial charge in [0, 0.05) is 66.9 Å². The van der Waals surface area contributed by atoms with Gasteiger partial charge in [-0.2, -0.15) is 15.2 Å². The standard InChI is InChI=1S/C34H39F3N8O2S/c1-43(2)34(5-4-6-34)16-44(3)31-21-12-40-28(25-22(35)10-23(36)29-24(25)20(11-38)30(39)48-29)26(37)27(21)41-32(42-31)47-17-33(7-8-33)15-45-18-9-19(45)14-46-13-18/h10,12,18-19,24,29H,4-9,13-17,39H2,1-3H3. The van der Waals surface area contributed by atoms with Crippen molar-refractivity contribution in [3.8, 4) is 12.1 Å². The van der Waals surface area contributed by atoms with Crippen LogP contribution in [0.4, 0.5) is 19.0 Å². The number of hydrogen-bond acceptors (Lipinski definition) is 11. The summed E-state index contributed by atoms with van der Waals surface area (Å²) in [5.41, 5.74) is 5.32. The van der Waals surface area contributed by atoms with Crippen molar-refractivity contribution in [2.45, 2.75) is 61.4 Å². The molecule has 48 heavy (non-hydrogen) atoms. The number of nitrogens with zero attached hydrogens (tertiary/aromatic N) is 7. The van der Waals surface area contributed by atoms with Gasteiger partial charge in [0.25, 0.3) is 0 Å². The van der Waals surface area contributed by atoms with Crippen LogP contribution in [0.1, 0.15) is 44.2 Å². The fourth-order valence-corrected chi connectivity index (χ4v) is 9.27. The maximum atomic E-state index is 16.8. The Bertz CT molecular complexity index is 1800. The van der Waals surface area contributed by atoms with Crippen molar-refractivity contribution in [3.63, 3.8) is 0 Å². The normalized spacial score (nSPS) is 28.5. The predicted octanol–water partition coefficient (Wildman–Crippen LogP) is 4.69. The molecule has 8 rings (SSSR count). The predicted molar refractivity (Wildman–Crippen MR) is 177 cm³/mol. The third kappa shape index (κ3) is 5.07. The molecule has 254 valence electrons. The first kappa shape index (κ1) is 31.9. The van der Waals surface area contributed by atoms with Gasteiger partial charge in [-0.15, -0.1) is 0 Å². The van der Waals surface area contributed by atoms with Crippen LogP contribution in [0.15, 0.2) is 34.5 Å². The van der Waals surface area contributed by atoms with Crippen molar-refractivity contribution in [1.82, 2.24) is 24.8 Å². The molecule has 2 aromatic rings. The average molecular weight is 681 g/mol. The topological polar surface area (TPSA) is 117 Å². The van der Waals surface area contributed by atoms with Crippen LogP contribution in [0.3, 0.4) is 0 Å². The number of nitrogens with two attached hydrogens (primary N) is 1. The Balaban J connectivity index is 1.17. The van der Waals surface area contributed by atoms with Gasteiger partial charge in [0.15, 0.2) is 5.82 Å². The largest absolute Gasteiger partial charge is 0.463 e. The molecule has 4 fully saturated rings. The average Bonchev–Trinajstić information content (AvgIpc) is 3.74. The molecule has 10 nitrogen and oxygen atoms in total. The van der Waals surface area contributed by atoms with E-state index in [9.17, 15) is 9.65 Å². The first-order valence-electron chi connectivity index (χ1n) is 16.6. The second kappa shape index (κ2) is 11.6. The van der Waals surface area contributed by atoms with Crippen molar-refractivity contribution in [2.24, 2.45) is 17.1 Å². The van der Waals surface area contributed by atoms with Crippen LogP contribution in [-0.4, -0.2) is 102 Å². The molecule has 3 aliphatic carbocycles. The molecule has 2 N–H and O–H groups in total. The Morgan fingerprint density at radius 1 is 1.15 bits per heavy atom. The zero-order chi connectivity index (χ0) is 33.5. The van der Waals surface area contributed by atoms with Crippen LogP contribution in [-0.2, 0) is 4.74 Å². The summed E-state index contributed by atoms with van der Waals surface area (Å²) >= 11 is 0.928. The van der Waals surface area contributed by atoms with E-state index in [1.54, 1.807) is 0 Å². The highest BCUT2D eigenvalue weighted by atomic mass is 32.2. The van der Waals surface area contributed by atoms with Gasteiger partial charge in [-0.1, -0.05) is 11.8 Å². The molecule has 2 saturated heterocycles. The Morgan fingerprint density at radius 2 is 1.90 bits per heavy atom. The van der Waals surface area contributed by atoms with E-state index in [4.69, 9.17) is 20.2 Å². The Hall–Kier alpha value is -3.38. The highest BCUT2D eigenvalue weighted by Crippen LogP contribution is 2.53. The van der Waals surface area contributed by atoms with Crippen molar-refractivity contribution in [3.05, 3.63) is 46.0 Å². The van der Waals surface area contributed by atoms with Gasteiger partial charge in [-0.25, -0.2) is 13.2 Å². The number of ether oxygens (including phenoxy) is 2. The summed E-state index contributed by atoms with van der Waals surface area (Å²) in [4.78, 5) is 20.5. The van der Waals surface area contributed by atoms with Crippen molar-refractivity contribution in [2.75, 3.05) is 59.0 Å². The third-order valence-electron chi connectivity index (χ3n) is 11.5. The lowest BCUT2D eigenvalue weighted by Crippen LogP contribution is -2.65. The molecule has 0 amide bonds. The van der Waals surface area contributed by atoms with Gasteiger partial charge in [0.2, 0.25) is 0 Å². The van der Waals surface area contributed by atoms with Gasteiger partial charge in [-0.05, 0) is 52.6 Å². The molecule has 4 atom stereocenters. The molecule has 0 aromatic carbocycles. The number of likely N-dealkylation sites (N-methyl/N-ethyl adjacent to an activating group) is 2. The van der Waals surface area contributed by atoms with Crippen molar-refractivity contribution in [1.29, 1.82) is 5.26 Å². The number of halogens is 3. The minimum atomic E-state index is -1.12. The van der Waals surface area contributed by atoms with E-state index in [0.29, 0.717) is 36.4 Å². The molecule has 5 heterocycles. The van der Waals surface area contributed by atoms with E-state index < -0.39 is 28.6 Å². The van der Waals surface area contributed by atoms with E-state index in [1.165, 1.54) is 12.6 Å². The number of fused-ring (bicyclic) bond motifs is 4. The molecule has 6 aliphatic rings. The molecule has 14 heteroatoms. The second-order valence-corrected chi connectivity index (χ2v) is 15.8. The fraction of sp³-hybridized carbons (Fsp3) is 0.588. The first-order valence-corrected chi connectivity index (χ1v) is 17.5. The second-order valence-electron chi connectivity index (χ2n) is 14.6. The maximum Gasteiger partial charge on any atom is 0.319 e. The van der Waals surface area contributed by atoms with Gasteiger partial charge in [0.05, 0.1) is 47.1 Å². The van der Waals surface area contributed by atoms with Crippen LogP contribution in [0.2, 0.25) is 0 Å². The molecule has 2 bridgehead atoms. The molecule has 2 saturated carbocycles. The number of morpholine rings is 1. The number of aromatic nitrogens is 3. The summed E-state index contributed by atoms with van der Waals surface area (Å²) < 4.78 is 59.3. The Kier molecular flexibility index (Phi) is 7.70. The van der Waals surface area contributed by atoms with E-state index in [2.05, 4.69) is 33.9 Å². The highest BCUT2D eigenvalue weighted by Gasteiger charge is 2.52. The third-order valence-corrected chi connectivity index (χ3v) is 12.7. The number of anilines is 1. The van der Waals surface area contributed by atoms with Gasteiger partial charge < -0.3 is 25.0 Å². The van der Waals surface area contributed by atoms with E-state index in [-0.39, 0.29) is 44.4 Å². The lowest BCUT2D eigenvalue weighted by molar-refractivity contribution is -0.135. The molecule has 4 unspecified atom stereocenters. The molecule has 2 aromatic heterocycles. The summed E-state index contributed by atoms with van der Waals surface area (Å²) in [5.74, 6) is -3.32. The van der Waals surface area contributed by atoms with Crippen LogP contribution in [0.25, 0.3) is 16.5 Å². The molecular formula is C34H39F3N8O2S. The number of pyridine rings is 1. The van der Waals surface area contributed by atoms with Crippen molar-refractivity contribution < 1.29 is 22.6 Å². The molecular weight excluding hydrogens is 641 g/mol. The number of thioether (sulfide) groups is 1. The van der Waals surface area contributed by atoms with Crippen LogP contribution < -0.4 is 15.4 Å². The lowest BCUT2D eigenvalue weighted by Gasteiger charge is -2.53. The quantitative estimate of drug-likeness (QED) is 0.377. The highest BCUT2D eigenvalue weighted by molar-refractivity contribution is 8.04. The SMILES string of the molecule is CN(CC1(N(C)C)CCC1)c1nc(OCC2(CN3C4COCC3C4)CC2)nc2c(F)c(C3=C(F)C=C(F)C4SC(N)=C(C#N)C34)ncc12. The number of nitriles is 1. The van der Waals surface area contributed by atoms with Gasteiger partial charge in [-0.3, -0.25) is 9.88 Å². The van der Waals surface area contributed by atoms with Crippen LogP contribution in [0.5, 0.6) is 6.01 Å². The van der Waals surface area contributed by atoms with E-state index in [0.717, 1.165) is 69.7 Å². The zero-order valence-corrected chi connectivity index (χ0v) is 28.1. The fourth-order valence-electron chi connectivity index (χ4n) is 8.11. The Morgan fingerprint density at radius 3 is 2.52 bits per heavy atom. The van der Waals surface area contributed by atoms with E-state index >= 15 is 8.78 Å². The van der Waals surface area contributed by atoms with Crippen molar-refractivity contribution >= 4 is 34.1 Å². The summed E-state index contributed by atoms with van der Waals surface area (Å²) in [6.07, 6.45) is 8.54. The monoisotopic (exact) mass is 680 g/mol. The summed E-state index contributed by atoms with van der Waals surface area (Å²) in [6, 6.07) is 2.92. The maximum absolute atomic E-state index is 16.8. The minimum Gasteiger partial charge on any atom is -0.463 e. The first-order chi connectivity index (χ1) is 23.0. The smallest absolute Gasteiger partial charge is 0.319 e. The number of allylic oxidation sites excluding steroid dienone is 4. The summed E-state index contributed by atoms with van der Waals surface area (Å²) in [6.45, 7) is 3.47. The number of hydrogen-bond donors (Lipinski definition) is 1. The van der Waals surface area contributed by atoms with Gasteiger partial charge in [0.1, 0.15) is 28.7 Å². The molecule has 3 aliphatic heterocycles. The van der Waals surface area contributed by atoms with Crippen LogP contribution >= 0.6 is 11.8 Å². The minimum absolute atomic E-state index is 0.00560. The van der Waals surface area contributed by atoms with Crippen LogP contribution in [0, 0.1) is 28.5 Å². The van der Waals surface area contributed by atoms with Gasteiger partial charge >= 0.3 is 6.01 Å². The zero-order valence-electron chi connectivity index (χ0n) is 27.3. The Labute approximate surface area is 281 Å². The molecule has 0 radical (unpaired) electrons. The summed E-state index contributed by atoms with van der Waals surface area (Å²) in [7, 11) is 6.04. The lowest BCUT2D eigenvalue weighted by atomic mass is 9.75. The number of rotatable bonds is 10. The molecule has 0 spiro atoms.